The Bertz CT molecular complexity index is 672. The van der Waals surface area contributed by atoms with Gasteiger partial charge >= 0.3 is 0 Å². The van der Waals surface area contributed by atoms with Gasteiger partial charge in [-0.15, -0.1) is 11.3 Å². The van der Waals surface area contributed by atoms with Crippen molar-refractivity contribution >= 4 is 26.9 Å². The second-order valence-electron chi connectivity index (χ2n) is 4.09. The van der Waals surface area contributed by atoms with Crippen LogP contribution in [0.1, 0.15) is 23.6 Å². The smallest absolute Gasteiger partial charge is 0.270 e. The predicted octanol–water partition coefficient (Wildman–Crippen LogP) is 1.79. The Kier molecular flexibility index (Phi) is 3.16. The van der Waals surface area contributed by atoms with Gasteiger partial charge < -0.3 is 10.3 Å². The van der Waals surface area contributed by atoms with Crippen molar-refractivity contribution in [3.8, 4) is 10.8 Å². The molecule has 98 valence electrons. The number of sulfone groups is 1. The molecule has 1 atom stereocenters. The summed E-state index contributed by atoms with van der Waals surface area (Å²) >= 11 is 1.39. The lowest BCUT2D eigenvalue weighted by molar-refractivity contribution is 0.422. The molecular weight excluding hydrogens is 274 g/mol. The average molecular weight is 287 g/mol. The molecule has 2 rings (SSSR count). The molecule has 2 aromatic rings. The first-order chi connectivity index (χ1) is 8.30. The molecule has 0 radical (unpaired) electrons. The average Bonchev–Trinajstić information content (AvgIpc) is 2.85. The van der Waals surface area contributed by atoms with Gasteiger partial charge in [0.05, 0.1) is 5.69 Å². The zero-order valence-corrected chi connectivity index (χ0v) is 11.8. The lowest BCUT2D eigenvalue weighted by Gasteiger charge is -2.01. The maximum absolute atomic E-state index is 11.4. The van der Waals surface area contributed by atoms with Gasteiger partial charge in [0.2, 0.25) is 0 Å². The van der Waals surface area contributed by atoms with Crippen molar-refractivity contribution in [1.82, 2.24) is 10.1 Å². The van der Waals surface area contributed by atoms with Crippen LogP contribution in [0.4, 0.5) is 5.69 Å². The third-order valence-electron chi connectivity index (χ3n) is 2.66. The number of aryl methyl sites for hydroxylation is 1. The van der Waals surface area contributed by atoms with Crippen LogP contribution in [0.5, 0.6) is 0 Å². The van der Waals surface area contributed by atoms with Gasteiger partial charge in [0.15, 0.2) is 15.7 Å². The number of hydrogen-bond donors (Lipinski definition) is 1. The van der Waals surface area contributed by atoms with E-state index in [0.717, 1.165) is 11.8 Å². The Balaban J connectivity index is 2.40. The minimum atomic E-state index is -3.24. The molecular formula is C10H13N3O3S2. The number of anilines is 1. The molecule has 0 saturated heterocycles. The number of thiophene rings is 1. The fraction of sp³-hybridized carbons (Fsp3) is 0.400. The van der Waals surface area contributed by atoms with Gasteiger partial charge in [-0.2, -0.15) is 4.98 Å². The molecule has 18 heavy (non-hydrogen) atoms. The van der Waals surface area contributed by atoms with E-state index in [0.29, 0.717) is 10.6 Å². The van der Waals surface area contributed by atoms with Crippen LogP contribution in [0.2, 0.25) is 0 Å². The highest BCUT2D eigenvalue weighted by molar-refractivity contribution is 7.90. The maximum atomic E-state index is 11.4. The van der Waals surface area contributed by atoms with Crippen LogP contribution in [0.25, 0.3) is 10.8 Å². The Labute approximate surface area is 109 Å². The van der Waals surface area contributed by atoms with Crippen LogP contribution in [0.15, 0.2) is 9.90 Å². The third-order valence-corrected chi connectivity index (χ3v) is 5.26. The molecule has 2 N–H and O–H groups in total. The number of rotatable bonds is 3. The highest BCUT2D eigenvalue weighted by Crippen LogP contribution is 2.34. The van der Waals surface area contributed by atoms with Crippen molar-refractivity contribution in [2.45, 2.75) is 19.1 Å². The number of aromatic nitrogens is 2. The van der Waals surface area contributed by atoms with E-state index in [2.05, 4.69) is 10.1 Å². The molecule has 0 spiro atoms. The molecule has 0 amide bonds. The highest BCUT2D eigenvalue weighted by Gasteiger charge is 2.24. The monoisotopic (exact) mass is 287 g/mol. The minimum Gasteiger partial charge on any atom is -0.397 e. The van der Waals surface area contributed by atoms with Crippen molar-refractivity contribution in [3.63, 3.8) is 0 Å². The Morgan fingerprint density at radius 1 is 1.50 bits per heavy atom. The maximum Gasteiger partial charge on any atom is 0.270 e. The van der Waals surface area contributed by atoms with Crippen molar-refractivity contribution in [2.75, 3.05) is 12.0 Å². The van der Waals surface area contributed by atoms with E-state index >= 15 is 0 Å². The van der Waals surface area contributed by atoms with Crippen LogP contribution in [0, 0.1) is 6.92 Å². The van der Waals surface area contributed by atoms with Gasteiger partial charge in [-0.1, -0.05) is 5.16 Å². The van der Waals surface area contributed by atoms with Crippen LogP contribution >= 0.6 is 11.3 Å². The summed E-state index contributed by atoms with van der Waals surface area (Å²) in [6.07, 6.45) is 1.14. The normalized spacial score (nSPS) is 13.7. The number of nitrogens with two attached hydrogens (primary N) is 1. The molecule has 1 unspecified atom stereocenters. The van der Waals surface area contributed by atoms with E-state index in [9.17, 15) is 8.42 Å². The van der Waals surface area contributed by atoms with E-state index in [1.165, 1.54) is 18.3 Å². The van der Waals surface area contributed by atoms with Gasteiger partial charge in [0.25, 0.3) is 5.89 Å². The fourth-order valence-corrected chi connectivity index (χ4v) is 2.67. The van der Waals surface area contributed by atoms with Crippen molar-refractivity contribution in [3.05, 3.63) is 16.8 Å². The highest BCUT2D eigenvalue weighted by atomic mass is 32.2. The quantitative estimate of drug-likeness (QED) is 0.924. The summed E-state index contributed by atoms with van der Waals surface area (Å²) in [6, 6.07) is 0. The molecule has 2 heterocycles. The van der Waals surface area contributed by atoms with Gasteiger partial charge in [-0.3, -0.25) is 0 Å². The zero-order valence-electron chi connectivity index (χ0n) is 10.2. The molecule has 0 aliphatic rings. The van der Waals surface area contributed by atoms with Gasteiger partial charge in [0, 0.05) is 6.26 Å². The molecule has 0 bridgehead atoms. The topological polar surface area (TPSA) is 99.1 Å². The van der Waals surface area contributed by atoms with Gasteiger partial charge in [-0.25, -0.2) is 8.42 Å². The summed E-state index contributed by atoms with van der Waals surface area (Å²) in [7, 11) is -3.24. The van der Waals surface area contributed by atoms with Crippen molar-refractivity contribution in [1.29, 1.82) is 0 Å². The fourth-order valence-electron chi connectivity index (χ4n) is 1.30. The first-order valence-corrected chi connectivity index (χ1v) is 8.00. The van der Waals surface area contributed by atoms with E-state index in [4.69, 9.17) is 10.3 Å². The number of hydrogen-bond acceptors (Lipinski definition) is 7. The standard InChI is InChI=1S/C10H13N3O3S2/c1-5-4-17-8(7(5)11)10-12-9(13-16-10)6(2)18(3,14)15/h4,6H,11H2,1-3H3. The van der Waals surface area contributed by atoms with Crippen molar-refractivity contribution in [2.24, 2.45) is 0 Å². The zero-order chi connectivity index (χ0) is 13.5. The summed E-state index contributed by atoms with van der Waals surface area (Å²) < 4.78 is 27.9. The summed E-state index contributed by atoms with van der Waals surface area (Å²) in [6.45, 7) is 3.40. The summed E-state index contributed by atoms with van der Waals surface area (Å²) in [4.78, 5) is 4.77. The first-order valence-electron chi connectivity index (χ1n) is 5.17. The lowest BCUT2D eigenvalue weighted by Crippen LogP contribution is -2.09. The molecule has 0 saturated carbocycles. The van der Waals surface area contributed by atoms with E-state index in [-0.39, 0.29) is 11.7 Å². The molecule has 0 aromatic carbocycles. The summed E-state index contributed by atoms with van der Waals surface area (Å²) in [5, 5.41) is 4.78. The Morgan fingerprint density at radius 2 is 2.17 bits per heavy atom. The predicted molar refractivity (Wildman–Crippen MR) is 70.0 cm³/mol. The molecule has 0 aliphatic carbocycles. The third kappa shape index (κ3) is 2.25. The SMILES string of the molecule is Cc1csc(-c2nc(C(C)S(C)(=O)=O)no2)c1N. The van der Waals surface area contributed by atoms with Crippen LogP contribution in [-0.4, -0.2) is 24.8 Å². The van der Waals surface area contributed by atoms with Crippen LogP contribution in [-0.2, 0) is 9.84 Å². The first kappa shape index (κ1) is 13.0. The number of nitrogen functional groups attached to an aromatic ring is 1. The summed E-state index contributed by atoms with van der Waals surface area (Å²) in [5.74, 6) is 0.411. The van der Waals surface area contributed by atoms with Crippen LogP contribution in [0.3, 0.4) is 0 Å². The second kappa shape index (κ2) is 4.36. The molecule has 0 fully saturated rings. The Morgan fingerprint density at radius 3 is 2.67 bits per heavy atom. The summed E-state index contributed by atoms with van der Waals surface area (Å²) in [5.41, 5.74) is 7.39. The molecule has 0 aliphatic heterocycles. The lowest BCUT2D eigenvalue weighted by atomic mass is 10.3. The van der Waals surface area contributed by atoms with Crippen molar-refractivity contribution < 1.29 is 12.9 Å². The van der Waals surface area contributed by atoms with E-state index in [1.54, 1.807) is 0 Å². The van der Waals surface area contributed by atoms with Gasteiger partial charge in [0.1, 0.15) is 10.1 Å². The van der Waals surface area contributed by atoms with Crippen LogP contribution < -0.4 is 5.73 Å². The molecule has 8 heteroatoms. The molecule has 6 nitrogen and oxygen atoms in total. The van der Waals surface area contributed by atoms with E-state index < -0.39 is 15.1 Å². The second-order valence-corrected chi connectivity index (χ2v) is 7.34. The van der Waals surface area contributed by atoms with E-state index in [1.807, 2.05) is 12.3 Å². The molecule has 2 aromatic heterocycles. The Hall–Kier alpha value is -1.41. The largest absolute Gasteiger partial charge is 0.397 e. The van der Waals surface area contributed by atoms with Gasteiger partial charge in [-0.05, 0) is 24.8 Å². The minimum absolute atomic E-state index is 0.151. The number of nitrogens with zero attached hydrogens (tertiary/aromatic N) is 2.